The highest BCUT2D eigenvalue weighted by Crippen LogP contribution is 2.21. The van der Waals surface area contributed by atoms with Gasteiger partial charge in [0.1, 0.15) is 6.04 Å². The highest BCUT2D eigenvalue weighted by Gasteiger charge is 2.34. The molecule has 120 valence electrons. The van der Waals surface area contributed by atoms with Crippen LogP contribution in [-0.4, -0.2) is 48.9 Å². The van der Waals surface area contributed by atoms with E-state index in [1.165, 1.54) is 0 Å². The summed E-state index contributed by atoms with van der Waals surface area (Å²) in [6.07, 6.45) is 1.59. The number of likely N-dealkylation sites (N-methyl/N-ethyl adjacent to an activating group) is 1. The van der Waals surface area contributed by atoms with Gasteiger partial charge in [-0.05, 0) is 51.1 Å². The summed E-state index contributed by atoms with van der Waals surface area (Å²) in [4.78, 5) is 26.6. The maximum Gasteiger partial charge on any atom is 0.254 e. The third kappa shape index (κ3) is 4.08. The molecule has 1 aromatic carbocycles. The van der Waals surface area contributed by atoms with Crippen LogP contribution in [0.2, 0.25) is 0 Å². The molecule has 22 heavy (non-hydrogen) atoms. The lowest BCUT2D eigenvalue weighted by Gasteiger charge is -2.24. The summed E-state index contributed by atoms with van der Waals surface area (Å²) in [5.41, 5.74) is 0.617. The van der Waals surface area contributed by atoms with Crippen LogP contribution >= 0.6 is 15.9 Å². The highest BCUT2D eigenvalue weighted by molar-refractivity contribution is 9.10. The number of hydrogen-bond acceptors (Lipinski definition) is 3. The number of halogens is 1. The minimum Gasteiger partial charge on any atom is -0.353 e. The van der Waals surface area contributed by atoms with Gasteiger partial charge >= 0.3 is 0 Å². The Morgan fingerprint density at radius 1 is 1.36 bits per heavy atom. The first-order valence-corrected chi connectivity index (χ1v) is 8.33. The van der Waals surface area contributed by atoms with Gasteiger partial charge in [-0.25, -0.2) is 0 Å². The van der Waals surface area contributed by atoms with Crippen molar-refractivity contribution in [2.75, 3.05) is 20.1 Å². The Labute approximate surface area is 139 Å². The van der Waals surface area contributed by atoms with Gasteiger partial charge in [-0.1, -0.05) is 15.9 Å². The molecule has 2 atom stereocenters. The Bertz CT molecular complexity index is 533. The van der Waals surface area contributed by atoms with Crippen LogP contribution in [0, 0.1) is 0 Å². The average molecular weight is 368 g/mol. The Kier molecular flexibility index (Phi) is 5.97. The van der Waals surface area contributed by atoms with E-state index in [-0.39, 0.29) is 23.9 Å². The van der Waals surface area contributed by atoms with E-state index in [1.807, 2.05) is 26.1 Å². The van der Waals surface area contributed by atoms with E-state index in [0.29, 0.717) is 18.7 Å². The quantitative estimate of drug-likeness (QED) is 0.833. The van der Waals surface area contributed by atoms with E-state index in [9.17, 15) is 9.59 Å². The fraction of sp³-hybridized carbons (Fsp3) is 0.500. The van der Waals surface area contributed by atoms with E-state index in [0.717, 1.165) is 17.3 Å². The summed E-state index contributed by atoms with van der Waals surface area (Å²) in [5, 5.41) is 5.99. The number of benzene rings is 1. The van der Waals surface area contributed by atoms with Crippen molar-refractivity contribution in [2.45, 2.75) is 31.8 Å². The first-order valence-electron chi connectivity index (χ1n) is 7.54. The number of amides is 2. The first kappa shape index (κ1) is 17.0. The summed E-state index contributed by atoms with van der Waals surface area (Å²) >= 11 is 3.36. The van der Waals surface area contributed by atoms with Crippen LogP contribution in [0.5, 0.6) is 0 Å². The number of nitrogens with zero attached hydrogens (tertiary/aromatic N) is 1. The second kappa shape index (κ2) is 7.74. The number of carbonyl (C=O) groups excluding carboxylic acids is 2. The van der Waals surface area contributed by atoms with Crippen molar-refractivity contribution in [1.82, 2.24) is 15.5 Å². The molecule has 5 nitrogen and oxygen atoms in total. The van der Waals surface area contributed by atoms with Crippen molar-refractivity contribution in [3.63, 3.8) is 0 Å². The molecule has 0 radical (unpaired) electrons. The number of hydrogen-bond donors (Lipinski definition) is 2. The van der Waals surface area contributed by atoms with Gasteiger partial charge in [0.2, 0.25) is 5.91 Å². The topological polar surface area (TPSA) is 61.4 Å². The molecule has 1 fully saturated rings. The summed E-state index contributed by atoms with van der Waals surface area (Å²) in [6, 6.07) is 7.09. The molecule has 2 amide bonds. The molecular formula is C16H22BrN3O2. The van der Waals surface area contributed by atoms with E-state index in [4.69, 9.17) is 0 Å². The lowest BCUT2D eigenvalue weighted by Crippen LogP contribution is -2.48. The van der Waals surface area contributed by atoms with Crippen LogP contribution in [0.3, 0.4) is 0 Å². The average Bonchev–Trinajstić information content (AvgIpc) is 3.01. The molecule has 0 bridgehead atoms. The molecule has 1 aromatic rings. The molecule has 2 rings (SSSR count). The third-order valence-corrected chi connectivity index (χ3v) is 4.51. The monoisotopic (exact) mass is 367 g/mol. The van der Waals surface area contributed by atoms with Crippen molar-refractivity contribution in [2.24, 2.45) is 0 Å². The Balaban J connectivity index is 2.02. The summed E-state index contributed by atoms with van der Waals surface area (Å²) in [6.45, 7) is 3.19. The summed E-state index contributed by atoms with van der Waals surface area (Å²) in [7, 11) is 1.86. The second-order valence-corrected chi connectivity index (χ2v) is 6.51. The van der Waals surface area contributed by atoms with Crippen molar-refractivity contribution in [3.8, 4) is 0 Å². The van der Waals surface area contributed by atoms with Gasteiger partial charge < -0.3 is 15.5 Å². The standard InChI is InChI=1S/C16H22BrN3O2/c1-11(18-2)10-19-15(21)14-4-3-9-20(14)16(22)12-5-7-13(17)8-6-12/h5-8,11,14,18H,3-4,9-10H2,1-2H3,(H,19,21). The van der Waals surface area contributed by atoms with Crippen LogP contribution in [0.25, 0.3) is 0 Å². The summed E-state index contributed by atoms with van der Waals surface area (Å²) in [5.74, 6) is -0.142. The molecular weight excluding hydrogens is 346 g/mol. The normalized spacial score (nSPS) is 19.0. The number of rotatable bonds is 5. The third-order valence-electron chi connectivity index (χ3n) is 3.98. The van der Waals surface area contributed by atoms with Crippen LogP contribution in [0.4, 0.5) is 0 Å². The van der Waals surface area contributed by atoms with Gasteiger partial charge in [0.05, 0.1) is 0 Å². The molecule has 0 saturated carbocycles. The van der Waals surface area contributed by atoms with Gasteiger partial charge in [-0.3, -0.25) is 9.59 Å². The van der Waals surface area contributed by atoms with Crippen molar-refractivity contribution >= 4 is 27.7 Å². The van der Waals surface area contributed by atoms with Crippen molar-refractivity contribution < 1.29 is 9.59 Å². The molecule has 2 unspecified atom stereocenters. The molecule has 1 saturated heterocycles. The Morgan fingerprint density at radius 2 is 2.05 bits per heavy atom. The number of carbonyl (C=O) groups is 2. The Morgan fingerprint density at radius 3 is 2.68 bits per heavy atom. The highest BCUT2D eigenvalue weighted by atomic mass is 79.9. The van der Waals surface area contributed by atoms with Crippen LogP contribution in [0.1, 0.15) is 30.1 Å². The molecule has 0 aromatic heterocycles. The van der Waals surface area contributed by atoms with E-state index >= 15 is 0 Å². The molecule has 0 aliphatic carbocycles. The van der Waals surface area contributed by atoms with Crippen molar-refractivity contribution in [3.05, 3.63) is 34.3 Å². The second-order valence-electron chi connectivity index (χ2n) is 5.60. The van der Waals surface area contributed by atoms with Crippen molar-refractivity contribution in [1.29, 1.82) is 0 Å². The zero-order chi connectivity index (χ0) is 16.1. The molecule has 6 heteroatoms. The maximum atomic E-state index is 12.6. The minimum absolute atomic E-state index is 0.0648. The largest absolute Gasteiger partial charge is 0.353 e. The van der Waals surface area contributed by atoms with Crippen LogP contribution < -0.4 is 10.6 Å². The molecule has 2 N–H and O–H groups in total. The fourth-order valence-electron chi connectivity index (χ4n) is 2.51. The zero-order valence-corrected chi connectivity index (χ0v) is 14.5. The predicted molar refractivity (Wildman–Crippen MR) is 89.7 cm³/mol. The molecule has 1 aliphatic rings. The maximum absolute atomic E-state index is 12.6. The minimum atomic E-state index is -0.361. The molecule has 1 aliphatic heterocycles. The summed E-state index contributed by atoms with van der Waals surface area (Å²) < 4.78 is 0.931. The molecule has 1 heterocycles. The Hall–Kier alpha value is -1.40. The van der Waals surface area contributed by atoms with Gasteiger partial charge in [-0.2, -0.15) is 0 Å². The SMILES string of the molecule is CNC(C)CNC(=O)C1CCCN1C(=O)c1ccc(Br)cc1. The van der Waals surface area contributed by atoms with Gasteiger partial charge in [-0.15, -0.1) is 0 Å². The number of nitrogens with one attached hydrogen (secondary N) is 2. The van der Waals surface area contributed by atoms with E-state index < -0.39 is 0 Å². The van der Waals surface area contributed by atoms with E-state index in [2.05, 4.69) is 26.6 Å². The van der Waals surface area contributed by atoms with Gasteiger partial charge in [0, 0.05) is 29.2 Å². The van der Waals surface area contributed by atoms with Crippen LogP contribution in [-0.2, 0) is 4.79 Å². The number of likely N-dealkylation sites (tertiary alicyclic amines) is 1. The lowest BCUT2D eigenvalue weighted by atomic mass is 10.1. The molecule has 0 spiro atoms. The zero-order valence-electron chi connectivity index (χ0n) is 12.9. The van der Waals surface area contributed by atoms with Crippen LogP contribution in [0.15, 0.2) is 28.7 Å². The van der Waals surface area contributed by atoms with Gasteiger partial charge in [0.25, 0.3) is 5.91 Å². The van der Waals surface area contributed by atoms with Gasteiger partial charge in [0.15, 0.2) is 0 Å². The predicted octanol–water partition coefficient (Wildman–Crippen LogP) is 1.78. The van der Waals surface area contributed by atoms with E-state index in [1.54, 1.807) is 17.0 Å². The fourth-order valence-corrected chi connectivity index (χ4v) is 2.78. The smallest absolute Gasteiger partial charge is 0.254 e. The lowest BCUT2D eigenvalue weighted by molar-refractivity contribution is -0.124. The first-order chi connectivity index (χ1) is 10.5.